The number of hydrogen-bond acceptors (Lipinski definition) is 4. The Morgan fingerprint density at radius 2 is 2.10 bits per heavy atom. The molecule has 0 aliphatic heterocycles. The van der Waals surface area contributed by atoms with Crippen LogP contribution in [0.3, 0.4) is 0 Å². The van der Waals surface area contributed by atoms with Crippen molar-refractivity contribution >= 4 is 0 Å². The number of aromatic nitrogens is 1. The minimum Gasteiger partial charge on any atom is -0.444 e. The van der Waals surface area contributed by atoms with Gasteiger partial charge in [0.2, 0.25) is 5.89 Å². The van der Waals surface area contributed by atoms with Crippen LogP contribution in [0.2, 0.25) is 0 Å². The van der Waals surface area contributed by atoms with E-state index in [0.717, 1.165) is 17.2 Å². The molecule has 0 amide bonds. The van der Waals surface area contributed by atoms with E-state index in [-0.39, 0.29) is 5.82 Å². The van der Waals surface area contributed by atoms with E-state index in [0.29, 0.717) is 25.0 Å². The number of likely N-dealkylation sites (N-methyl/N-ethyl adjacent to an activating group) is 1. The van der Waals surface area contributed by atoms with Gasteiger partial charge in [0.15, 0.2) is 0 Å². The Bertz CT molecular complexity index is 592. The number of hydrogen-bond donors (Lipinski definition) is 1. The molecule has 5 heteroatoms. The highest BCUT2D eigenvalue weighted by Crippen LogP contribution is 2.35. The molecule has 1 aromatic heterocycles. The molecular weight excluding hydrogens is 269 g/mol. The summed E-state index contributed by atoms with van der Waals surface area (Å²) >= 11 is 0. The molecule has 1 aromatic carbocycles. The number of nitrogens with two attached hydrogens (primary N) is 1. The van der Waals surface area contributed by atoms with Crippen molar-refractivity contribution in [1.82, 2.24) is 9.88 Å². The fraction of sp³-hybridized carbons (Fsp3) is 0.438. The molecule has 1 unspecified atom stereocenters. The molecule has 0 bridgehead atoms. The van der Waals surface area contributed by atoms with Crippen LogP contribution < -0.4 is 5.73 Å². The monoisotopic (exact) mass is 289 g/mol. The van der Waals surface area contributed by atoms with E-state index in [1.54, 1.807) is 18.4 Å². The van der Waals surface area contributed by atoms with Gasteiger partial charge in [-0.3, -0.25) is 4.90 Å². The van der Waals surface area contributed by atoms with Gasteiger partial charge in [0.05, 0.1) is 5.69 Å². The van der Waals surface area contributed by atoms with Crippen molar-refractivity contribution in [3.05, 3.63) is 42.0 Å². The van der Waals surface area contributed by atoms with Gasteiger partial charge >= 0.3 is 0 Å². The van der Waals surface area contributed by atoms with Gasteiger partial charge in [0, 0.05) is 24.7 Å². The van der Waals surface area contributed by atoms with Gasteiger partial charge in [0.1, 0.15) is 12.1 Å². The van der Waals surface area contributed by atoms with Crippen molar-refractivity contribution in [3.63, 3.8) is 0 Å². The molecule has 1 aliphatic rings. The quantitative estimate of drug-likeness (QED) is 0.888. The Hall–Kier alpha value is -1.72. The van der Waals surface area contributed by atoms with E-state index in [1.807, 2.05) is 0 Å². The van der Waals surface area contributed by atoms with Gasteiger partial charge in [-0.2, -0.15) is 0 Å². The highest BCUT2D eigenvalue weighted by molar-refractivity contribution is 5.52. The topological polar surface area (TPSA) is 55.3 Å². The van der Waals surface area contributed by atoms with Gasteiger partial charge in [-0.1, -0.05) is 0 Å². The average molecular weight is 289 g/mol. The number of nitrogens with zero attached hydrogens (tertiary/aromatic N) is 2. The van der Waals surface area contributed by atoms with Crippen molar-refractivity contribution in [1.29, 1.82) is 0 Å². The van der Waals surface area contributed by atoms with E-state index in [4.69, 9.17) is 10.2 Å². The normalized spacial score (nSPS) is 16.4. The summed E-state index contributed by atoms with van der Waals surface area (Å²) < 4.78 is 18.4. The first-order valence-corrected chi connectivity index (χ1v) is 7.28. The zero-order valence-corrected chi connectivity index (χ0v) is 12.1. The molecule has 1 heterocycles. The highest BCUT2D eigenvalue weighted by atomic mass is 19.1. The first-order valence-electron chi connectivity index (χ1n) is 7.28. The van der Waals surface area contributed by atoms with Crippen LogP contribution in [0.1, 0.15) is 18.5 Å². The lowest BCUT2D eigenvalue weighted by Crippen LogP contribution is -2.39. The predicted molar refractivity (Wildman–Crippen MR) is 78.9 cm³/mol. The van der Waals surface area contributed by atoms with E-state index in [2.05, 4.69) is 16.9 Å². The van der Waals surface area contributed by atoms with Crippen LogP contribution >= 0.6 is 0 Å². The Labute approximate surface area is 123 Å². The Balaban J connectivity index is 1.68. The summed E-state index contributed by atoms with van der Waals surface area (Å²) in [7, 11) is 2.07. The number of halogens is 1. The van der Waals surface area contributed by atoms with E-state index >= 15 is 0 Å². The predicted octanol–water partition coefficient (Wildman–Crippen LogP) is 2.65. The van der Waals surface area contributed by atoms with Crippen LogP contribution in [-0.4, -0.2) is 29.5 Å². The Morgan fingerprint density at radius 1 is 1.38 bits per heavy atom. The zero-order chi connectivity index (χ0) is 14.8. The van der Waals surface area contributed by atoms with E-state index in [9.17, 15) is 4.39 Å². The fourth-order valence-electron chi connectivity index (χ4n) is 2.69. The van der Waals surface area contributed by atoms with Crippen molar-refractivity contribution in [2.75, 3.05) is 13.6 Å². The Kier molecular flexibility index (Phi) is 4.03. The number of rotatable bonds is 6. The van der Waals surface area contributed by atoms with Gasteiger partial charge in [-0.25, -0.2) is 9.37 Å². The molecule has 1 saturated carbocycles. The largest absolute Gasteiger partial charge is 0.444 e. The van der Waals surface area contributed by atoms with Gasteiger partial charge in [-0.15, -0.1) is 0 Å². The maximum Gasteiger partial charge on any atom is 0.226 e. The molecule has 21 heavy (non-hydrogen) atoms. The molecule has 1 aliphatic carbocycles. The van der Waals surface area contributed by atoms with Crippen LogP contribution in [0.4, 0.5) is 4.39 Å². The van der Waals surface area contributed by atoms with Gasteiger partial charge in [0.25, 0.3) is 0 Å². The minimum atomic E-state index is -0.263. The lowest BCUT2D eigenvalue weighted by molar-refractivity contribution is 0.213. The third-order valence-corrected chi connectivity index (χ3v) is 4.03. The summed E-state index contributed by atoms with van der Waals surface area (Å²) in [4.78, 5) is 6.72. The molecule has 0 saturated heterocycles. The lowest BCUT2D eigenvalue weighted by atomic mass is 10.1. The first-order chi connectivity index (χ1) is 10.2. The Morgan fingerprint density at radius 3 is 2.71 bits per heavy atom. The maximum absolute atomic E-state index is 12.9. The van der Waals surface area contributed by atoms with Crippen LogP contribution in [0.5, 0.6) is 0 Å². The molecule has 3 rings (SSSR count). The number of benzene rings is 1. The summed E-state index contributed by atoms with van der Waals surface area (Å²) in [6, 6.07) is 6.56. The SMILES string of the molecule is CN(Cc1coc(-c2ccc(F)cc2)n1)C(CN)C1CC1. The molecule has 112 valence electrons. The van der Waals surface area contributed by atoms with Gasteiger partial charge < -0.3 is 10.2 Å². The standard InChI is InChI=1S/C16H20FN3O/c1-20(15(8-18)11-2-3-11)9-14-10-21-16(19-14)12-4-6-13(17)7-5-12/h4-7,10-11,15H,2-3,8-9,18H2,1H3. The second-order valence-corrected chi connectivity index (χ2v) is 5.71. The molecule has 0 radical (unpaired) electrons. The van der Waals surface area contributed by atoms with Crippen LogP contribution in [-0.2, 0) is 6.54 Å². The summed E-state index contributed by atoms with van der Waals surface area (Å²) in [5, 5.41) is 0. The second-order valence-electron chi connectivity index (χ2n) is 5.71. The smallest absolute Gasteiger partial charge is 0.226 e. The van der Waals surface area contributed by atoms with Crippen molar-refractivity contribution in [2.45, 2.75) is 25.4 Å². The minimum absolute atomic E-state index is 0.263. The second kappa shape index (κ2) is 5.95. The summed E-state index contributed by atoms with van der Waals surface area (Å²) in [6.45, 7) is 1.38. The third kappa shape index (κ3) is 3.31. The van der Waals surface area contributed by atoms with Crippen molar-refractivity contribution < 1.29 is 8.81 Å². The zero-order valence-electron chi connectivity index (χ0n) is 12.1. The molecule has 1 atom stereocenters. The fourth-order valence-corrected chi connectivity index (χ4v) is 2.69. The van der Waals surface area contributed by atoms with E-state index < -0.39 is 0 Å². The molecule has 1 fully saturated rings. The molecule has 2 aromatic rings. The van der Waals surface area contributed by atoms with Crippen molar-refractivity contribution in [3.8, 4) is 11.5 Å². The van der Waals surface area contributed by atoms with Crippen LogP contribution in [0, 0.1) is 11.7 Å². The van der Waals surface area contributed by atoms with E-state index in [1.165, 1.54) is 25.0 Å². The number of oxazole rings is 1. The summed E-state index contributed by atoms with van der Waals surface area (Å²) in [5.41, 5.74) is 7.51. The summed E-state index contributed by atoms with van der Waals surface area (Å²) in [5.74, 6) is 0.984. The molecule has 0 spiro atoms. The molecule has 2 N–H and O–H groups in total. The molecule has 4 nitrogen and oxygen atoms in total. The van der Waals surface area contributed by atoms with Gasteiger partial charge in [-0.05, 0) is 50.1 Å². The third-order valence-electron chi connectivity index (χ3n) is 4.03. The summed E-state index contributed by atoms with van der Waals surface area (Å²) in [6.07, 6.45) is 4.20. The van der Waals surface area contributed by atoms with Crippen LogP contribution in [0.25, 0.3) is 11.5 Å². The van der Waals surface area contributed by atoms with Crippen LogP contribution in [0.15, 0.2) is 34.9 Å². The van der Waals surface area contributed by atoms with Crippen molar-refractivity contribution in [2.24, 2.45) is 11.7 Å². The maximum atomic E-state index is 12.9. The highest BCUT2D eigenvalue weighted by Gasteiger charge is 2.33. The average Bonchev–Trinajstić information content (AvgIpc) is 3.20. The first kappa shape index (κ1) is 14.2. The lowest BCUT2D eigenvalue weighted by Gasteiger charge is -2.25. The molecular formula is C16H20FN3O.